The smallest absolute Gasteiger partial charge is 0.249 e. The van der Waals surface area contributed by atoms with Gasteiger partial charge in [-0.25, -0.2) is 9.67 Å². The van der Waals surface area contributed by atoms with Crippen molar-refractivity contribution in [3.8, 4) is 0 Å². The van der Waals surface area contributed by atoms with Gasteiger partial charge in [0.05, 0.1) is 0 Å². The van der Waals surface area contributed by atoms with E-state index in [9.17, 15) is 4.79 Å². The second-order valence-corrected chi connectivity index (χ2v) is 4.05. The van der Waals surface area contributed by atoms with E-state index in [4.69, 9.17) is 0 Å². The average molecular weight is 244 g/mol. The number of hydrogen-bond acceptors (Lipinski definition) is 3. The maximum atomic E-state index is 12.1. The lowest BCUT2D eigenvalue weighted by Gasteiger charge is -2.14. The molecule has 5 heteroatoms. The van der Waals surface area contributed by atoms with E-state index in [-0.39, 0.29) is 11.9 Å². The lowest BCUT2D eigenvalue weighted by molar-refractivity contribution is -0.119. The molecule has 1 amide bonds. The molecule has 0 bridgehead atoms. The molecule has 0 radical (unpaired) electrons. The number of aromatic nitrogens is 3. The highest BCUT2D eigenvalue weighted by atomic mass is 16.2. The van der Waals surface area contributed by atoms with Crippen LogP contribution in [0.4, 0.5) is 5.69 Å². The van der Waals surface area contributed by atoms with Crippen LogP contribution in [0.5, 0.6) is 0 Å². The maximum Gasteiger partial charge on any atom is 0.249 e. The Morgan fingerprint density at radius 1 is 1.44 bits per heavy atom. The van der Waals surface area contributed by atoms with Crippen molar-refractivity contribution in [2.24, 2.45) is 0 Å². The second kappa shape index (κ2) is 5.44. The van der Waals surface area contributed by atoms with Crippen LogP contribution in [0, 0.1) is 0 Å². The molecule has 2 rings (SSSR count). The number of anilines is 1. The summed E-state index contributed by atoms with van der Waals surface area (Å²) in [6.45, 7) is 3.85. The summed E-state index contributed by atoms with van der Waals surface area (Å²) in [5.74, 6) is -0.0959. The lowest BCUT2D eigenvalue weighted by atomic mass is 10.1. The van der Waals surface area contributed by atoms with E-state index in [2.05, 4.69) is 22.3 Å². The molecule has 2 aromatic rings. The molecule has 1 aromatic heterocycles. The third kappa shape index (κ3) is 2.56. The van der Waals surface area contributed by atoms with Crippen LogP contribution in [0.2, 0.25) is 0 Å². The zero-order valence-electron chi connectivity index (χ0n) is 10.5. The number of carbonyl (C=O) groups excluding carboxylic acids is 1. The monoisotopic (exact) mass is 244 g/mol. The van der Waals surface area contributed by atoms with Crippen LogP contribution in [0.15, 0.2) is 36.9 Å². The molecule has 0 saturated carbocycles. The normalized spacial score (nSPS) is 12.1. The van der Waals surface area contributed by atoms with Crippen molar-refractivity contribution in [3.63, 3.8) is 0 Å². The fraction of sp³-hybridized carbons (Fsp3) is 0.308. The average Bonchev–Trinajstić information content (AvgIpc) is 2.92. The van der Waals surface area contributed by atoms with Gasteiger partial charge in [-0.2, -0.15) is 5.10 Å². The van der Waals surface area contributed by atoms with E-state index in [0.29, 0.717) is 0 Å². The van der Waals surface area contributed by atoms with Crippen LogP contribution < -0.4 is 5.32 Å². The number of rotatable bonds is 4. The van der Waals surface area contributed by atoms with Gasteiger partial charge in [-0.3, -0.25) is 4.79 Å². The number of aryl methyl sites for hydroxylation is 1. The summed E-state index contributed by atoms with van der Waals surface area (Å²) in [7, 11) is 0. The number of amides is 1. The number of carbonyl (C=O) groups is 1. The summed E-state index contributed by atoms with van der Waals surface area (Å²) in [5, 5.41) is 6.89. The van der Waals surface area contributed by atoms with E-state index in [1.165, 1.54) is 17.3 Å². The Hall–Kier alpha value is -2.17. The third-order valence-electron chi connectivity index (χ3n) is 2.87. The van der Waals surface area contributed by atoms with Crippen LogP contribution in [0.1, 0.15) is 25.5 Å². The van der Waals surface area contributed by atoms with Crippen molar-refractivity contribution in [1.29, 1.82) is 0 Å². The first-order valence-corrected chi connectivity index (χ1v) is 5.95. The molecule has 1 atom stereocenters. The van der Waals surface area contributed by atoms with E-state index in [1.807, 2.05) is 24.3 Å². The quantitative estimate of drug-likeness (QED) is 0.895. The van der Waals surface area contributed by atoms with Gasteiger partial charge >= 0.3 is 0 Å². The Labute approximate surface area is 106 Å². The predicted molar refractivity (Wildman–Crippen MR) is 69.2 cm³/mol. The van der Waals surface area contributed by atoms with Crippen LogP contribution in [0.25, 0.3) is 0 Å². The van der Waals surface area contributed by atoms with Crippen LogP contribution in [-0.2, 0) is 11.2 Å². The van der Waals surface area contributed by atoms with Crippen LogP contribution >= 0.6 is 0 Å². The first kappa shape index (κ1) is 12.3. The van der Waals surface area contributed by atoms with Gasteiger partial charge in [-0.15, -0.1) is 0 Å². The van der Waals surface area contributed by atoms with E-state index < -0.39 is 0 Å². The van der Waals surface area contributed by atoms with Crippen LogP contribution in [-0.4, -0.2) is 20.7 Å². The van der Waals surface area contributed by atoms with Crippen LogP contribution in [0.3, 0.4) is 0 Å². The molecule has 1 aromatic carbocycles. The largest absolute Gasteiger partial charge is 0.324 e. The summed E-state index contributed by atoms with van der Waals surface area (Å²) in [6, 6.07) is 7.42. The highest BCUT2D eigenvalue weighted by molar-refractivity contribution is 5.94. The van der Waals surface area contributed by atoms with Gasteiger partial charge in [0.1, 0.15) is 18.7 Å². The van der Waals surface area contributed by atoms with Crippen molar-refractivity contribution >= 4 is 11.6 Å². The standard InChI is InChI=1S/C13H16N4O/c1-3-11-6-4-5-7-12(11)16-13(18)10(2)17-9-14-8-15-17/h4-10H,3H2,1-2H3,(H,16,18). The van der Waals surface area contributed by atoms with Crippen molar-refractivity contribution in [2.45, 2.75) is 26.3 Å². The molecule has 94 valence electrons. The van der Waals surface area contributed by atoms with Gasteiger partial charge in [0.2, 0.25) is 5.91 Å². The summed E-state index contributed by atoms with van der Waals surface area (Å²) >= 11 is 0. The SMILES string of the molecule is CCc1ccccc1NC(=O)C(C)n1cncn1. The van der Waals surface area contributed by atoms with Gasteiger partial charge in [-0.05, 0) is 25.0 Å². The Bertz CT molecular complexity index is 522. The van der Waals surface area contributed by atoms with Crippen molar-refractivity contribution in [3.05, 3.63) is 42.5 Å². The van der Waals surface area contributed by atoms with Gasteiger partial charge in [-0.1, -0.05) is 25.1 Å². The number of nitrogens with zero attached hydrogens (tertiary/aromatic N) is 3. The van der Waals surface area contributed by atoms with Crippen molar-refractivity contribution < 1.29 is 4.79 Å². The molecule has 0 saturated heterocycles. The molecule has 0 aliphatic heterocycles. The van der Waals surface area contributed by atoms with Gasteiger partial charge in [0, 0.05) is 5.69 Å². The Morgan fingerprint density at radius 2 is 2.22 bits per heavy atom. The number of nitrogens with one attached hydrogen (secondary N) is 1. The fourth-order valence-electron chi connectivity index (χ4n) is 1.73. The number of benzene rings is 1. The van der Waals surface area contributed by atoms with Gasteiger partial charge in [0.25, 0.3) is 0 Å². The van der Waals surface area contributed by atoms with Gasteiger partial charge < -0.3 is 5.32 Å². The van der Waals surface area contributed by atoms with E-state index in [0.717, 1.165) is 17.7 Å². The predicted octanol–water partition coefficient (Wildman–Crippen LogP) is 2.04. The Kier molecular flexibility index (Phi) is 3.72. The van der Waals surface area contributed by atoms with Gasteiger partial charge in [0.15, 0.2) is 0 Å². The van der Waals surface area contributed by atoms with E-state index in [1.54, 1.807) is 6.92 Å². The molecule has 0 aliphatic rings. The molecular weight excluding hydrogens is 228 g/mol. The van der Waals surface area contributed by atoms with Crippen molar-refractivity contribution in [2.75, 3.05) is 5.32 Å². The minimum absolute atomic E-state index is 0.0959. The lowest BCUT2D eigenvalue weighted by Crippen LogP contribution is -2.24. The molecule has 0 spiro atoms. The summed E-state index contributed by atoms with van der Waals surface area (Å²) in [4.78, 5) is 15.9. The molecule has 0 aliphatic carbocycles. The minimum Gasteiger partial charge on any atom is -0.324 e. The topological polar surface area (TPSA) is 59.8 Å². The molecule has 1 N–H and O–H groups in total. The summed E-state index contributed by atoms with van der Waals surface area (Å²) in [5.41, 5.74) is 1.98. The maximum absolute atomic E-state index is 12.1. The first-order chi connectivity index (χ1) is 8.72. The van der Waals surface area contributed by atoms with E-state index >= 15 is 0 Å². The fourth-order valence-corrected chi connectivity index (χ4v) is 1.73. The molecule has 1 unspecified atom stereocenters. The zero-order valence-corrected chi connectivity index (χ0v) is 10.5. The Balaban J connectivity index is 2.12. The molecular formula is C13H16N4O. The first-order valence-electron chi connectivity index (χ1n) is 5.95. The zero-order chi connectivity index (χ0) is 13.0. The minimum atomic E-state index is -0.377. The summed E-state index contributed by atoms with van der Waals surface area (Å²) in [6.07, 6.45) is 3.84. The third-order valence-corrected chi connectivity index (χ3v) is 2.87. The highest BCUT2D eigenvalue weighted by Crippen LogP contribution is 2.17. The second-order valence-electron chi connectivity index (χ2n) is 4.05. The molecule has 5 nitrogen and oxygen atoms in total. The number of para-hydroxylation sites is 1. The molecule has 18 heavy (non-hydrogen) atoms. The van der Waals surface area contributed by atoms with Crippen molar-refractivity contribution in [1.82, 2.24) is 14.8 Å². The summed E-state index contributed by atoms with van der Waals surface area (Å²) < 4.78 is 1.53. The number of hydrogen-bond donors (Lipinski definition) is 1. The highest BCUT2D eigenvalue weighted by Gasteiger charge is 2.16. The molecule has 1 heterocycles. The molecule has 0 fully saturated rings. The Morgan fingerprint density at radius 3 is 2.89 bits per heavy atom.